The summed E-state index contributed by atoms with van der Waals surface area (Å²) < 4.78 is 41.5. The highest BCUT2D eigenvalue weighted by molar-refractivity contribution is 5.95. The summed E-state index contributed by atoms with van der Waals surface area (Å²) in [6, 6.07) is 23.0. The van der Waals surface area contributed by atoms with Crippen molar-refractivity contribution in [2.45, 2.75) is 19.5 Å². The Morgan fingerprint density at radius 1 is 0.947 bits per heavy atom. The lowest BCUT2D eigenvalue weighted by atomic mass is 10.0. The van der Waals surface area contributed by atoms with Crippen LogP contribution in [0.5, 0.6) is 0 Å². The largest absolute Gasteiger partial charge is 0.416 e. The van der Waals surface area contributed by atoms with Gasteiger partial charge in [-0.2, -0.15) is 13.2 Å². The molecule has 0 aliphatic rings. The Labute approximate surface area is 216 Å². The lowest BCUT2D eigenvalue weighted by Crippen LogP contribution is -2.34. The number of pyridine rings is 1. The monoisotopic (exact) mass is 515 g/mol. The lowest BCUT2D eigenvalue weighted by Gasteiger charge is -2.18. The highest BCUT2D eigenvalue weighted by Gasteiger charge is 2.31. The first-order valence-corrected chi connectivity index (χ1v) is 12.1. The highest BCUT2D eigenvalue weighted by Crippen LogP contribution is 2.31. The van der Waals surface area contributed by atoms with E-state index in [0.717, 1.165) is 34.2 Å². The second-order valence-corrected chi connectivity index (χ2v) is 8.98. The predicted molar refractivity (Wildman–Crippen MR) is 142 cm³/mol. The van der Waals surface area contributed by atoms with Gasteiger partial charge < -0.3 is 10.3 Å². The van der Waals surface area contributed by atoms with E-state index in [0.29, 0.717) is 17.7 Å². The van der Waals surface area contributed by atoms with Crippen molar-refractivity contribution in [2.24, 2.45) is 0 Å². The topological polar surface area (TPSA) is 66.9 Å². The van der Waals surface area contributed by atoms with Crippen LogP contribution in [0.4, 0.5) is 13.2 Å². The van der Waals surface area contributed by atoms with Crippen LogP contribution in [0.3, 0.4) is 0 Å². The standard InChI is InChI=1S/C30H24F3N3O2/c1-19-25(20-8-3-2-4-9-20)17-26(29(38)36(19)23-11-7-10-22(16-23)30(31,32)33)28(37)34-15-14-21-18-35-27-13-6-5-12-24(21)27/h2-13,16-18,35H,14-15H2,1H3,(H,34,37). The van der Waals surface area contributed by atoms with Gasteiger partial charge in [0.1, 0.15) is 5.56 Å². The number of alkyl halides is 3. The van der Waals surface area contributed by atoms with Crippen molar-refractivity contribution in [2.75, 3.05) is 6.54 Å². The average molecular weight is 516 g/mol. The highest BCUT2D eigenvalue weighted by atomic mass is 19.4. The molecular weight excluding hydrogens is 491 g/mol. The number of carbonyl (C=O) groups excluding carboxylic acids is 1. The van der Waals surface area contributed by atoms with Gasteiger partial charge in [-0.25, -0.2) is 0 Å². The molecule has 192 valence electrons. The number of hydrogen-bond acceptors (Lipinski definition) is 2. The van der Waals surface area contributed by atoms with Gasteiger partial charge >= 0.3 is 6.18 Å². The van der Waals surface area contributed by atoms with E-state index in [1.165, 1.54) is 22.8 Å². The molecule has 38 heavy (non-hydrogen) atoms. The zero-order valence-electron chi connectivity index (χ0n) is 20.5. The molecule has 0 bridgehead atoms. The molecule has 0 saturated heterocycles. The smallest absolute Gasteiger partial charge is 0.361 e. The van der Waals surface area contributed by atoms with Gasteiger partial charge in [-0.3, -0.25) is 14.2 Å². The molecular formula is C30H24F3N3O2. The maximum absolute atomic E-state index is 13.6. The molecule has 5 aromatic rings. The number of fused-ring (bicyclic) bond motifs is 1. The fourth-order valence-electron chi connectivity index (χ4n) is 4.65. The van der Waals surface area contributed by atoms with E-state index in [4.69, 9.17) is 0 Å². The molecule has 0 spiro atoms. The van der Waals surface area contributed by atoms with Gasteiger partial charge in [-0.15, -0.1) is 0 Å². The van der Waals surface area contributed by atoms with Gasteiger partial charge in [0.05, 0.1) is 5.56 Å². The second-order valence-electron chi connectivity index (χ2n) is 8.98. The minimum absolute atomic E-state index is 0.0351. The van der Waals surface area contributed by atoms with Crippen LogP contribution < -0.4 is 10.9 Å². The number of hydrogen-bond donors (Lipinski definition) is 2. The van der Waals surface area contributed by atoms with Crippen LogP contribution in [0.15, 0.2) is 95.9 Å². The third-order valence-electron chi connectivity index (χ3n) is 6.56. The molecule has 0 saturated carbocycles. The summed E-state index contributed by atoms with van der Waals surface area (Å²) in [7, 11) is 0. The predicted octanol–water partition coefficient (Wildman–Crippen LogP) is 6.29. The van der Waals surface area contributed by atoms with E-state index >= 15 is 0 Å². The molecule has 3 aromatic carbocycles. The third-order valence-corrected chi connectivity index (χ3v) is 6.56. The Hall–Kier alpha value is -4.59. The van der Waals surface area contributed by atoms with Crippen molar-refractivity contribution in [1.29, 1.82) is 0 Å². The first-order chi connectivity index (χ1) is 18.2. The summed E-state index contributed by atoms with van der Waals surface area (Å²) in [5.74, 6) is -0.590. The number of halogens is 3. The number of aromatic nitrogens is 2. The van der Waals surface area contributed by atoms with E-state index in [-0.39, 0.29) is 17.8 Å². The van der Waals surface area contributed by atoms with Crippen molar-refractivity contribution in [3.8, 4) is 16.8 Å². The van der Waals surface area contributed by atoms with Crippen molar-refractivity contribution < 1.29 is 18.0 Å². The summed E-state index contributed by atoms with van der Waals surface area (Å²) in [6.45, 7) is 1.93. The van der Waals surface area contributed by atoms with E-state index in [1.54, 1.807) is 6.92 Å². The summed E-state index contributed by atoms with van der Waals surface area (Å²) in [5.41, 5.74) is 2.07. The molecule has 0 unspecified atom stereocenters. The number of carbonyl (C=O) groups is 1. The van der Waals surface area contributed by atoms with Crippen LogP contribution in [0.2, 0.25) is 0 Å². The molecule has 0 radical (unpaired) electrons. The van der Waals surface area contributed by atoms with Crippen LogP contribution >= 0.6 is 0 Å². The zero-order chi connectivity index (χ0) is 26.9. The molecule has 0 fully saturated rings. The number of rotatable bonds is 6. The van der Waals surface area contributed by atoms with Gasteiger partial charge in [0.15, 0.2) is 0 Å². The van der Waals surface area contributed by atoms with Crippen molar-refractivity contribution in [3.05, 3.63) is 124 Å². The zero-order valence-corrected chi connectivity index (χ0v) is 20.5. The number of H-pyrrole nitrogens is 1. The molecule has 2 heterocycles. The molecule has 5 nitrogen and oxygen atoms in total. The Balaban J connectivity index is 1.53. The first kappa shape index (κ1) is 25.1. The molecule has 1 amide bonds. The van der Waals surface area contributed by atoms with E-state index < -0.39 is 23.2 Å². The van der Waals surface area contributed by atoms with Gasteiger partial charge in [0.25, 0.3) is 11.5 Å². The normalized spacial score (nSPS) is 11.6. The maximum atomic E-state index is 13.6. The summed E-state index contributed by atoms with van der Waals surface area (Å²) in [4.78, 5) is 30.0. The van der Waals surface area contributed by atoms with Gasteiger partial charge in [0, 0.05) is 40.6 Å². The van der Waals surface area contributed by atoms with Crippen molar-refractivity contribution in [1.82, 2.24) is 14.9 Å². The number of aromatic amines is 1. The number of para-hydroxylation sites is 1. The van der Waals surface area contributed by atoms with Crippen LogP contribution in [0.25, 0.3) is 27.7 Å². The molecule has 2 N–H and O–H groups in total. The van der Waals surface area contributed by atoms with Crippen LogP contribution in [-0.2, 0) is 12.6 Å². The third kappa shape index (κ3) is 4.85. The molecule has 0 aliphatic carbocycles. The molecule has 0 aliphatic heterocycles. The molecule has 8 heteroatoms. The van der Waals surface area contributed by atoms with E-state index in [2.05, 4.69) is 10.3 Å². The van der Waals surface area contributed by atoms with E-state index in [1.807, 2.05) is 60.8 Å². The average Bonchev–Trinajstić information content (AvgIpc) is 3.32. The molecule has 0 atom stereocenters. The Morgan fingerprint density at radius 3 is 2.45 bits per heavy atom. The van der Waals surface area contributed by atoms with Crippen LogP contribution in [-0.4, -0.2) is 22.0 Å². The SMILES string of the molecule is Cc1c(-c2ccccc2)cc(C(=O)NCCc2c[nH]c3ccccc23)c(=O)n1-c1cccc(C(F)(F)F)c1. The van der Waals surface area contributed by atoms with Crippen LogP contribution in [0.1, 0.15) is 27.2 Å². The summed E-state index contributed by atoms with van der Waals surface area (Å²) in [5, 5.41) is 3.86. The number of benzene rings is 3. The number of amides is 1. The fraction of sp³-hybridized carbons (Fsp3) is 0.133. The van der Waals surface area contributed by atoms with Crippen LogP contribution in [0, 0.1) is 6.92 Å². The Bertz CT molecular complexity index is 1690. The van der Waals surface area contributed by atoms with Crippen molar-refractivity contribution in [3.63, 3.8) is 0 Å². The summed E-state index contributed by atoms with van der Waals surface area (Å²) >= 11 is 0. The molecule has 5 rings (SSSR count). The van der Waals surface area contributed by atoms with Gasteiger partial charge in [-0.05, 0) is 54.8 Å². The fourth-order valence-corrected chi connectivity index (χ4v) is 4.65. The second kappa shape index (κ2) is 10.0. The minimum atomic E-state index is -4.58. The Morgan fingerprint density at radius 2 is 1.68 bits per heavy atom. The van der Waals surface area contributed by atoms with Crippen molar-refractivity contribution >= 4 is 16.8 Å². The molecule has 2 aromatic heterocycles. The van der Waals surface area contributed by atoms with E-state index in [9.17, 15) is 22.8 Å². The maximum Gasteiger partial charge on any atom is 0.416 e. The lowest BCUT2D eigenvalue weighted by molar-refractivity contribution is -0.137. The number of nitrogens with zero attached hydrogens (tertiary/aromatic N) is 1. The quantitative estimate of drug-likeness (QED) is 0.279. The first-order valence-electron chi connectivity index (χ1n) is 12.1. The number of nitrogens with one attached hydrogen (secondary N) is 2. The Kier molecular flexibility index (Phi) is 6.63. The van der Waals surface area contributed by atoms with Gasteiger partial charge in [-0.1, -0.05) is 54.6 Å². The minimum Gasteiger partial charge on any atom is -0.361 e. The van der Waals surface area contributed by atoms with Gasteiger partial charge in [0.2, 0.25) is 0 Å². The summed E-state index contributed by atoms with van der Waals surface area (Å²) in [6.07, 6.45) is -2.15.